The molecule has 2 fully saturated rings. The van der Waals surface area contributed by atoms with Gasteiger partial charge in [0.05, 0.1) is 25.8 Å². The van der Waals surface area contributed by atoms with E-state index < -0.39 is 6.43 Å². The molecule has 2 aromatic heterocycles. The molecule has 4 heterocycles. The number of rotatable bonds is 7. The summed E-state index contributed by atoms with van der Waals surface area (Å²) < 4.78 is 40.5. The minimum absolute atomic E-state index is 0.343. The molecule has 2 aliphatic heterocycles. The molecule has 5 rings (SSSR count). The first-order valence-electron chi connectivity index (χ1n) is 11.6. The Bertz CT molecular complexity index is 1130. The van der Waals surface area contributed by atoms with Gasteiger partial charge in [0.25, 0.3) is 6.43 Å². The number of hydrogen-bond acceptors (Lipinski definition) is 8. The summed E-state index contributed by atoms with van der Waals surface area (Å²) in [6, 6.07) is 6.96. The standard InChI is InChI=1S/C23H29F2N7O2/c1-33-17-4-2-3-16-20(17)30-22(21(24)25)32(16)19-13-18(31-9-11-34-12-10-31)28-23(29-19)27-14-15-5-7-26-8-6-15/h2-4,13,15,21,26H,5-12,14H2,1H3,(H,27,28,29). The zero-order chi connectivity index (χ0) is 23.5. The number of imidazole rings is 1. The number of alkyl halides is 2. The van der Waals surface area contributed by atoms with Crippen LogP contribution in [0.25, 0.3) is 16.9 Å². The van der Waals surface area contributed by atoms with Gasteiger partial charge in [-0.05, 0) is 44.0 Å². The molecule has 0 saturated carbocycles. The first kappa shape index (κ1) is 22.7. The Kier molecular flexibility index (Phi) is 6.73. The van der Waals surface area contributed by atoms with Crippen molar-refractivity contribution in [1.82, 2.24) is 24.8 Å². The Morgan fingerprint density at radius 3 is 2.65 bits per heavy atom. The van der Waals surface area contributed by atoms with Gasteiger partial charge in [0.1, 0.15) is 22.9 Å². The van der Waals surface area contributed by atoms with Gasteiger partial charge in [-0.25, -0.2) is 13.8 Å². The van der Waals surface area contributed by atoms with E-state index in [1.165, 1.54) is 11.7 Å². The highest BCUT2D eigenvalue weighted by atomic mass is 19.3. The van der Waals surface area contributed by atoms with Gasteiger partial charge < -0.3 is 25.0 Å². The molecule has 0 spiro atoms. The maximum atomic E-state index is 14.1. The quantitative estimate of drug-likeness (QED) is 0.542. The van der Waals surface area contributed by atoms with Crippen molar-refractivity contribution in [2.75, 3.05) is 63.3 Å². The molecule has 2 aliphatic rings. The number of anilines is 2. The zero-order valence-electron chi connectivity index (χ0n) is 19.1. The summed E-state index contributed by atoms with van der Waals surface area (Å²) in [4.78, 5) is 15.7. The van der Waals surface area contributed by atoms with E-state index in [0.717, 1.165) is 32.5 Å². The summed E-state index contributed by atoms with van der Waals surface area (Å²) in [5.41, 5.74) is 0.877. The second-order valence-electron chi connectivity index (χ2n) is 8.52. The van der Waals surface area contributed by atoms with Crippen molar-refractivity contribution < 1.29 is 18.3 Å². The van der Waals surface area contributed by atoms with Crippen LogP contribution in [0.1, 0.15) is 25.1 Å². The van der Waals surface area contributed by atoms with Crippen LogP contribution in [0.5, 0.6) is 5.75 Å². The fourth-order valence-corrected chi connectivity index (χ4v) is 4.53. The summed E-state index contributed by atoms with van der Waals surface area (Å²) in [6.45, 7) is 5.23. The van der Waals surface area contributed by atoms with Gasteiger partial charge in [-0.2, -0.15) is 9.97 Å². The number of nitrogens with zero attached hydrogens (tertiary/aromatic N) is 5. The molecule has 3 aromatic rings. The lowest BCUT2D eigenvalue weighted by atomic mass is 9.98. The molecular formula is C23H29F2N7O2. The summed E-state index contributed by atoms with van der Waals surface area (Å²) in [5, 5.41) is 6.73. The number of methoxy groups -OCH3 is 1. The Labute approximate surface area is 196 Å². The third-order valence-corrected chi connectivity index (χ3v) is 6.36. The van der Waals surface area contributed by atoms with E-state index in [4.69, 9.17) is 14.5 Å². The Balaban J connectivity index is 1.58. The van der Waals surface area contributed by atoms with Gasteiger partial charge in [0.15, 0.2) is 5.82 Å². The Morgan fingerprint density at radius 2 is 1.91 bits per heavy atom. The van der Waals surface area contributed by atoms with Crippen molar-refractivity contribution >= 4 is 22.8 Å². The first-order valence-corrected chi connectivity index (χ1v) is 11.6. The molecule has 2 N–H and O–H groups in total. The van der Waals surface area contributed by atoms with Crippen LogP contribution >= 0.6 is 0 Å². The summed E-state index contributed by atoms with van der Waals surface area (Å²) >= 11 is 0. The average Bonchev–Trinajstić information content (AvgIpc) is 3.29. The number of fused-ring (bicyclic) bond motifs is 1. The largest absolute Gasteiger partial charge is 0.494 e. The Hall–Kier alpha value is -3.05. The molecule has 0 unspecified atom stereocenters. The third kappa shape index (κ3) is 4.62. The number of halogens is 2. The van der Waals surface area contributed by atoms with Crippen LogP contribution in [-0.2, 0) is 4.74 Å². The second-order valence-corrected chi connectivity index (χ2v) is 8.52. The minimum atomic E-state index is -2.79. The third-order valence-electron chi connectivity index (χ3n) is 6.36. The molecule has 0 amide bonds. The van der Waals surface area contributed by atoms with Gasteiger partial charge in [0, 0.05) is 25.7 Å². The van der Waals surface area contributed by atoms with Gasteiger partial charge in [0.2, 0.25) is 5.95 Å². The van der Waals surface area contributed by atoms with E-state index in [2.05, 4.69) is 25.5 Å². The molecule has 2 saturated heterocycles. The van der Waals surface area contributed by atoms with Gasteiger partial charge in [-0.3, -0.25) is 4.57 Å². The topological polar surface area (TPSA) is 89.4 Å². The summed E-state index contributed by atoms with van der Waals surface area (Å²) in [7, 11) is 1.50. The molecule has 9 nitrogen and oxygen atoms in total. The molecule has 1 aromatic carbocycles. The maximum Gasteiger partial charge on any atom is 0.296 e. The fraction of sp³-hybridized carbons (Fsp3) is 0.522. The highest BCUT2D eigenvalue weighted by Gasteiger charge is 2.25. The van der Waals surface area contributed by atoms with Crippen molar-refractivity contribution in [3.05, 3.63) is 30.1 Å². The number of aromatic nitrogens is 4. The summed E-state index contributed by atoms with van der Waals surface area (Å²) in [6.07, 6.45) is -0.639. The molecular weight excluding hydrogens is 444 g/mol. The highest BCUT2D eigenvalue weighted by molar-refractivity contribution is 5.84. The normalized spacial score (nSPS) is 17.5. The van der Waals surface area contributed by atoms with Gasteiger partial charge in [-0.15, -0.1) is 0 Å². The van der Waals surface area contributed by atoms with Crippen LogP contribution < -0.4 is 20.3 Å². The van der Waals surface area contributed by atoms with E-state index in [-0.39, 0.29) is 5.82 Å². The fourth-order valence-electron chi connectivity index (χ4n) is 4.53. The van der Waals surface area contributed by atoms with Crippen LogP contribution in [0.4, 0.5) is 20.5 Å². The van der Waals surface area contributed by atoms with Crippen LogP contribution in [0.15, 0.2) is 24.3 Å². The summed E-state index contributed by atoms with van der Waals surface area (Å²) in [5.74, 6) is 2.00. The smallest absolute Gasteiger partial charge is 0.296 e. The predicted molar refractivity (Wildman–Crippen MR) is 125 cm³/mol. The molecule has 0 atom stereocenters. The van der Waals surface area contributed by atoms with Crippen molar-refractivity contribution in [1.29, 1.82) is 0 Å². The van der Waals surface area contributed by atoms with Crippen LogP contribution in [0.3, 0.4) is 0 Å². The number of benzene rings is 1. The van der Waals surface area contributed by atoms with Crippen molar-refractivity contribution in [2.45, 2.75) is 19.3 Å². The molecule has 0 aliphatic carbocycles. The molecule has 0 bridgehead atoms. The number of hydrogen-bond donors (Lipinski definition) is 2. The SMILES string of the molecule is COc1cccc2c1nc(C(F)F)n2-c1cc(N2CCOCC2)nc(NCC2CCNCC2)n1. The number of ether oxygens (including phenoxy) is 2. The van der Waals surface area contributed by atoms with Crippen LogP contribution in [-0.4, -0.2) is 72.6 Å². The maximum absolute atomic E-state index is 14.1. The average molecular weight is 474 g/mol. The number of para-hydroxylation sites is 1. The lowest BCUT2D eigenvalue weighted by molar-refractivity contribution is 0.122. The van der Waals surface area contributed by atoms with Gasteiger partial charge in [-0.1, -0.05) is 6.07 Å². The van der Waals surface area contributed by atoms with Crippen molar-refractivity contribution in [2.24, 2.45) is 5.92 Å². The van der Waals surface area contributed by atoms with Gasteiger partial charge >= 0.3 is 0 Å². The molecule has 34 heavy (non-hydrogen) atoms. The van der Waals surface area contributed by atoms with E-state index in [0.29, 0.717) is 66.6 Å². The van der Waals surface area contributed by atoms with Crippen molar-refractivity contribution in [3.8, 4) is 11.6 Å². The van der Waals surface area contributed by atoms with E-state index in [1.807, 2.05) is 0 Å². The predicted octanol–water partition coefficient (Wildman–Crippen LogP) is 3.01. The minimum Gasteiger partial charge on any atom is -0.494 e. The van der Waals surface area contributed by atoms with Crippen molar-refractivity contribution in [3.63, 3.8) is 0 Å². The number of nitrogens with one attached hydrogen (secondary N) is 2. The lowest BCUT2D eigenvalue weighted by Crippen LogP contribution is -2.37. The molecule has 11 heteroatoms. The molecule has 182 valence electrons. The lowest BCUT2D eigenvalue weighted by Gasteiger charge is -2.28. The molecule has 0 radical (unpaired) electrons. The zero-order valence-corrected chi connectivity index (χ0v) is 19.1. The Morgan fingerprint density at radius 1 is 1.15 bits per heavy atom. The van der Waals surface area contributed by atoms with Crippen LogP contribution in [0, 0.1) is 5.92 Å². The van der Waals surface area contributed by atoms with E-state index in [9.17, 15) is 8.78 Å². The second kappa shape index (κ2) is 10.1. The highest BCUT2D eigenvalue weighted by Crippen LogP contribution is 2.33. The number of piperidine rings is 1. The monoisotopic (exact) mass is 473 g/mol. The van der Waals surface area contributed by atoms with Crippen LogP contribution in [0.2, 0.25) is 0 Å². The van der Waals surface area contributed by atoms with E-state index in [1.54, 1.807) is 24.3 Å². The number of morpholine rings is 1. The van der Waals surface area contributed by atoms with E-state index >= 15 is 0 Å². The first-order chi connectivity index (χ1) is 16.6.